The first-order chi connectivity index (χ1) is 15.8. The number of rotatable bonds is 9. The number of likely N-dealkylation sites (tertiary alicyclic amines) is 1. The van der Waals surface area contributed by atoms with Gasteiger partial charge in [0.15, 0.2) is 0 Å². The number of nitrogens with one attached hydrogen (secondary N) is 2. The van der Waals surface area contributed by atoms with Gasteiger partial charge in [0.2, 0.25) is 11.8 Å². The molecule has 1 aliphatic heterocycles. The molecule has 3 N–H and O–H groups in total. The molecule has 3 atom stereocenters. The van der Waals surface area contributed by atoms with Gasteiger partial charge in [-0.3, -0.25) is 19.2 Å². The molecule has 0 saturated carbocycles. The Hall–Kier alpha value is -3.23. The first-order valence-electron chi connectivity index (χ1n) is 11.5. The Bertz CT molecular complexity index is 920. The van der Waals surface area contributed by atoms with Crippen molar-refractivity contribution in [1.82, 2.24) is 15.5 Å². The Kier molecular flexibility index (Phi) is 8.95. The molecule has 1 saturated heterocycles. The lowest BCUT2D eigenvalue weighted by atomic mass is 9.86. The number of carboxylic acids is 1. The molecule has 1 heterocycles. The molecule has 0 spiro atoms. The van der Waals surface area contributed by atoms with E-state index in [2.05, 4.69) is 31.4 Å². The number of amides is 3. The van der Waals surface area contributed by atoms with E-state index in [1.54, 1.807) is 12.1 Å². The van der Waals surface area contributed by atoms with Crippen LogP contribution in [0.5, 0.6) is 0 Å². The van der Waals surface area contributed by atoms with E-state index >= 15 is 0 Å². The molecule has 3 amide bonds. The number of carbonyl (C=O) groups is 5. The predicted molar refractivity (Wildman–Crippen MR) is 126 cm³/mol. The number of carboxylic acid groups (broad SMARTS) is 1. The van der Waals surface area contributed by atoms with Gasteiger partial charge in [0.1, 0.15) is 18.4 Å². The molecule has 9 nitrogen and oxygen atoms in total. The smallest absolute Gasteiger partial charge is 0.305 e. The number of aldehydes is 1. The fourth-order valence-electron chi connectivity index (χ4n) is 3.94. The summed E-state index contributed by atoms with van der Waals surface area (Å²) in [5.74, 6) is -2.78. The van der Waals surface area contributed by atoms with Crippen LogP contribution >= 0.6 is 0 Å². The van der Waals surface area contributed by atoms with Crippen molar-refractivity contribution >= 4 is 30.0 Å². The Morgan fingerprint density at radius 2 is 1.74 bits per heavy atom. The Morgan fingerprint density at radius 1 is 1.12 bits per heavy atom. The molecular weight excluding hydrogens is 438 g/mol. The number of benzene rings is 1. The van der Waals surface area contributed by atoms with Crippen molar-refractivity contribution in [2.75, 3.05) is 6.54 Å². The molecule has 186 valence electrons. The molecule has 1 aromatic rings. The fraction of sp³-hybridized carbons (Fsp3) is 0.560. The van der Waals surface area contributed by atoms with Crippen LogP contribution in [-0.4, -0.2) is 64.7 Å². The van der Waals surface area contributed by atoms with Gasteiger partial charge in [-0.15, -0.1) is 0 Å². The first kappa shape index (κ1) is 27.0. The third-order valence-electron chi connectivity index (χ3n) is 5.96. The third kappa shape index (κ3) is 6.88. The summed E-state index contributed by atoms with van der Waals surface area (Å²) in [4.78, 5) is 62.4. The maximum atomic E-state index is 13.4. The largest absolute Gasteiger partial charge is 0.481 e. The first-order valence-corrected chi connectivity index (χ1v) is 11.5. The average Bonchev–Trinajstić information content (AvgIpc) is 3.25. The van der Waals surface area contributed by atoms with Gasteiger partial charge in [-0.05, 0) is 41.9 Å². The highest BCUT2D eigenvalue weighted by molar-refractivity contribution is 5.99. The fourth-order valence-corrected chi connectivity index (χ4v) is 3.94. The van der Waals surface area contributed by atoms with Gasteiger partial charge in [-0.1, -0.05) is 46.8 Å². The minimum atomic E-state index is -1.21. The molecule has 0 aromatic heterocycles. The van der Waals surface area contributed by atoms with Crippen molar-refractivity contribution in [3.63, 3.8) is 0 Å². The number of carbonyl (C=O) groups excluding carboxylic acids is 4. The molecule has 34 heavy (non-hydrogen) atoms. The number of hydrogen-bond donors (Lipinski definition) is 3. The van der Waals surface area contributed by atoms with Crippen LogP contribution in [0.15, 0.2) is 24.3 Å². The van der Waals surface area contributed by atoms with E-state index in [0.29, 0.717) is 31.2 Å². The normalized spacial score (nSPS) is 17.7. The van der Waals surface area contributed by atoms with Crippen LogP contribution in [-0.2, 0) is 24.6 Å². The van der Waals surface area contributed by atoms with Crippen molar-refractivity contribution in [2.45, 2.75) is 77.4 Å². The molecule has 0 bridgehead atoms. The van der Waals surface area contributed by atoms with E-state index in [1.165, 1.54) is 4.90 Å². The van der Waals surface area contributed by atoms with E-state index in [1.807, 2.05) is 26.0 Å². The van der Waals surface area contributed by atoms with Gasteiger partial charge >= 0.3 is 5.97 Å². The summed E-state index contributed by atoms with van der Waals surface area (Å²) in [7, 11) is 0. The van der Waals surface area contributed by atoms with Gasteiger partial charge in [-0.25, -0.2) is 0 Å². The van der Waals surface area contributed by atoms with E-state index in [9.17, 15) is 24.0 Å². The highest BCUT2D eigenvalue weighted by atomic mass is 16.4. The second kappa shape index (κ2) is 11.3. The zero-order valence-electron chi connectivity index (χ0n) is 20.5. The topological polar surface area (TPSA) is 133 Å². The minimum Gasteiger partial charge on any atom is -0.481 e. The number of aliphatic carboxylic acids is 1. The Labute approximate surface area is 200 Å². The van der Waals surface area contributed by atoms with Crippen LogP contribution in [0.3, 0.4) is 0 Å². The molecule has 0 unspecified atom stereocenters. The van der Waals surface area contributed by atoms with Crippen LogP contribution in [0, 0.1) is 5.92 Å². The third-order valence-corrected chi connectivity index (χ3v) is 5.96. The van der Waals surface area contributed by atoms with E-state index in [4.69, 9.17) is 5.11 Å². The van der Waals surface area contributed by atoms with Crippen molar-refractivity contribution in [1.29, 1.82) is 0 Å². The van der Waals surface area contributed by atoms with E-state index in [-0.39, 0.29) is 23.1 Å². The van der Waals surface area contributed by atoms with Crippen LogP contribution in [0.1, 0.15) is 69.8 Å². The second-order valence-electron chi connectivity index (χ2n) is 10.1. The standard InChI is InChI=1S/C25H35N3O6/c1-15(2)21(27-22(32)16-8-10-17(11-9-16)25(3,4)5)24(34)28-12-6-7-19(28)23(33)26-18(14-29)13-20(30)31/h8-11,14-15,18-19,21H,6-7,12-13H2,1-5H3,(H,26,33)(H,27,32)(H,30,31)/t18-,19-,21-/m0/s1. The summed E-state index contributed by atoms with van der Waals surface area (Å²) in [6.45, 7) is 10.2. The molecule has 9 heteroatoms. The summed E-state index contributed by atoms with van der Waals surface area (Å²) in [6, 6.07) is 4.40. The second-order valence-corrected chi connectivity index (χ2v) is 10.1. The predicted octanol–water partition coefficient (Wildman–Crippen LogP) is 1.89. The molecule has 1 aliphatic rings. The number of hydrogen-bond acceptors (Lipinski definition) is 5. The molecule has 2 rings (SSSR count). The lowest BCUT2D eigenvalue weighted by molar-refractivity contribution is -0.142. The van der Waals surface area contributed by atoms with E-state index < -0.39 is 36.4 Å². The molecule has 1 fully saturated rings. The average molecular weight is 474 g/mol. The highest BCUT2D eigenvalue weighted by Crippen LogP contribution is 2.23. The molecule has 0 aliphatic carbocycles. The van der Waals surface area contributed by atoms with Gasteiger partial charge in [0.25, 0.3) is 5.91 Å². The van der Waals surface area contributed by atoms with Gasteiger partial charge < -0.3 is 25.4 Å². The van der Waals surface area contributed by atoms with Gasteiger partial charge in [-0.2, -0.15) is 0 Å². The molecular formula is C25H35N3O6. The maximum Gasteiger partial charge on any atom is 0.305 e. The van der Waals surface area contributed by atoms with Gasteiger partial charge in [0.05, 0.1) is 12.5 Å². The molecule has 0 radical (unpaired) electrons. The van der Waals surface area contributed by atoms with Crippen LogP contribution in [0.2, 0.25) is 0 Å². The highest BCUT2D eigenvalue weighted by Gasteiger charge is 2.39. The monoisotopic (exact) mass is 473 g/mol. The van der Waals surface area contributed by atoms with Crippen molar-refractivity contribution in [3.8, 4) is 0 Å². The van der Waals surface area contributed by atoms with E-state index in [0.717, 1.165) is 5.56 Å². The summed E-state index contributed by atoms with van der Waals surface area (Å²) in [5.41, 5.74) is 1.47. The van der Waals surface area contributed by atoms with Gasteiger partial charge in [0, 0.05) is 12.1 Å². The van der Waals surface area contributed by atoms with Crippen LogP contribution in [0.4, 0.5) is 0 Å². The summed E-state index contributed by atoms with van der Waals surface area (Å²) in [5, 5.41) is 14.1. The van der Waals surface area contributed by atoms with Crippen molar-refractivity contribution in [3.05, 3.63) is 35.4 Å². The Balaban J connectivity index is 2.13. The molecule has 1 aromatic carbocycles. The maximum absolute atomic E-state index is 13.4. The lowest BCUT2D eigenvalue weighted by Crippen LogP contribution is -2.56. The minimum absolute atomic E-state index is 0.0515. The zero-order chi connectivity index (χ0) is 25.6. The SMILES string of the molecule is CC(C)[C@H](NC(=O)c1ccc(C(C)(C)C)cc1)C(=O)N1CCC[C@H]1C(=O)N[C@H](C=O)CC(=O)O. The summed E-state index contributed by atoms with van der Waals surface area (Å²) in [6.07, 6.45) is 0.814. The van der Waals surface area contributed by atoms with Crippen molar-refractivity contribution < 1.29 is 29.1 Å². The van der Waals surface area contributed by atoms with Crippen LogP contribution in [0.25, 0.3) is 0 Å². The quantitative estimate of drug-likeness (QED) is 0.469. The van der Waals surface area contributed by atoms with Crippen molar-refractivity contribution in [2.24, 2.45) is 5.92 Å². The summed E-state index contributed by atoms with van der Waals surface area (Å²) >= 11 is 0. The zero-order valence-corrected chi connectivity index (χ0v) is 20.5. The summed E-state index contributed by atoms with van der Waals surface area (Å²) < 4.78 is 0. The lowest BCUT2D eigenvalue weighted by Gasteiger charge is -2.31. The Morgan fingerprint density at radius 3 is 2.24 bits per heavy atom. The number of nitrogens with zero attached hydrogens (tertiary/aromatic N) is 1. The van der Waals surface area contributed by atoms with Crippen LogP contribution < -0.4 is 10.6 Å².